The number of piperazine rings is 1. The molecule has 0 radical (unpaired) electrons. The summed E-state index contributed by atoms with van der Waals surface area (Å²) in [6, 6.07) is 9.81. The van der Waals surface area contributed by atoms with Crippen molar-refractivity contribution in [1.82, 2.24) is 25.5 Å². The van der Waals surface area contributed by atoms with Crippen LogP contribution in [-0.2, 0) is 11.3 Å². The lowest BCUT2D eigenvalue weighted by Crippen LogP contribution is -2.50. The number of aromatic nitrogens is 2. The highest BCUT2D eigenvalue weighted by molar-refractivity contribution is 14.0. The maximum atomic E-state index is 12.7. The van der Waals surface area contributed by atoms with Crippen molar-refractivity contribution in [2.24, 2.45) is 4.99 Å². The molecule has 2 aromatic heterocycles. The summed E-state index contributed by atoms with van der Waals surface area (Å²) in [6.07, 6.45) is 3.89. The lowest BCUT2D eigenvalue weighted by molar-refractivity contribution is -0.131. The number of furan rings is 1. The first kappa shape index (κ1) is 25.7. The van der Waals surface area contributed by atoms with E-state index in [4.69, 9.17) is 4.42 Å². The molecule has 2 N–H and O–H groups in total. The molecule has 9 nitrogen and oxygen atoms in total. The number of guanidine groups is 1. The first-order chi connectivity index (χ1) is 16.2. The van der Waals surface area contributed by atoms with Crippen LogP contribution in [-0.4, -0.2) is 66.0 Å². The molecule has 0 spiro atoms. The number of halogens is 1. The van der Waals surface area contributed by atoms with Gasteiger partial charge in [0.2, 0.25) is 11.9 Å². The fourth-order valence-electron chi connectivity index (χ4n) is 3.92. The fourth-order valence-corrected chi connectivity index (χ4v) is 3.92. The van der Waals surface area contributed by atoms with Crippen molar-refractivity contribution < 1.29 is 9.21 Å². The van der Waals surface area contributed by atoms with E-state index in [1.807, 2.05) is 30.0 Å². The molecule has 3 heterocycles. The van der Waals surface area contributed by atoms with Gasteiger partial charge < -0.3 is 24.9 Å². The number of para-hydroxylation sites is 1. The Balaban J connectivity index is 0.00000324. The Labute approximate surface area is 217 Å². The summed E-state index contributed by atoms with van der Waals surface area (Å²) in [5.74, 6) is 2.39. The number of anilines is 1. The molecule has 0 atom stereocenters. The molecule has 0 bridgehead atoms. The fraction of sp³-hybridized carbons (Fsp3) is 0.417. The van der Waals surface area contributed by atoms with Gasteiger partial charge in [-0.2, -0.15) is 0 Å². The molecule has 34 heavy (non-hydrogen) atoms. The minimum absolute atomic E-state index is 0. The monoisotopic (exact) mass is 577 g/mol. The van der Waals surface area contributed by atoms with Gasteiger partial charge in [0.05, 0.1) is 0 Å². The summed E-state index contributed by atoms with van der Waals surface area (Å²) in [7, 11) is 0. The first-order valence-electron chi connectivity index (χ1n) is 11.4. The van der Waals surface area contributed by atoms with Crippen LogP contribution >= 0.6 is 24.0 Å². The third kappa shape index (κ3) is 6.37. The smallest absolute Gasteiger partial charge is 0.225 e. The number of fused-ring (bicyclic) bond motifs is 1. The summed E-state index contributed by atoms with van der Waals surface area (Å²) in [4.78, 5) is 29.9. The number of carbonyl (C=O) groups excluding carboxylic acids is 1. The number of benzene rings is 1. The standard InChI is InChI=1S/C24H31N7O2.HI/c1-3-25-23(29-17-21-18(2)19-7-4-5-8-20(19)33-21)26-12-9-22(32)30-13-15-31(16-14-30)24-27-10-6-11-28-24;/h4-8,10-11H,3,9,12-17H2,1-2H3,(H2,25,26,29);1H. The molecule has 1 aromatic carbocycles. The Hall–Kier alpha value is -2.89. The van der Waals surface area contributed by atoms with Crippen molar-refractivity contribution in [2.45, 2.75) is 26.8 Å². The number of amides is 1. The van der Waals surface area contributed by atoms with E-state index in [0.29, 0.717) is 38.6 Å². The quantitative estimate of drug-likeness (QED) is 0.253. The van der Waals surface area contributed by atoms with Crippen molar-refractivity contribution in [3.8, 4) is 0 Å². The van der Waals surface area contributed by atoms with Gasteiger partial charge in [0.25, 0.3) is 0 Å². The maximum Gasteiger partial charge on any atom is 0.225 e. The van der Waals surface area contributed by atoms with E-state index < -0.39 is 0 Å². The van der Waals surface area contributed by atoms with E-state index in [0.717, 1.165) is 47.9 Å². The van der Waals surface area contributed by atoms with Crippen LogP contribution in [0.15, 0.2) is 52.1 Å². The predicted octanol–water partition coefficient (Wildman–Crippen LogP) is 2.94. The molecule has 1 aliphatic rings. The number of rotatable bonds is 7. The Kier molecular flexibility index (Phi) is 9.49. The van der Waals surface area contributed by atoms with Crippen molar-refractivity contribution in [3.05, 3.63) is 54.0 Å². The normalized spacial score (nSPS) is 14.1. The SMILES string of the molecule is CCNC(=NCc1oc2ccccc2c1C)NCCC(=O)N1CCN(c2ncccn2)CC1.I. The number of carbonyl (C=O) groups is 1. The molecule has 1 saturated heterocycles. The summed E-state index contributed by atoms with van der Waals surface area (Å²) >= 11 is 0. The third-order valence-electron chi connectivity index (χ3n) is 5.77. The molecule has 0 unspecified atom stereocenters. The van der Waals surface area contributed by atoms with Gasteiger partial charge in [-0.1, -0.05) is 18.2 Å². The zero-order chi connectivity index (χ0) is 23.0. The van der Waals surface area contributed by atoms with Gasteiger partial charge in [-0.3, -0.25) is 4.79 Å². The molecule has 3 aromatic rings. The van der Waals surface area contributed by atoms with E-state index in [9.17, 15) is 4.79 Å². The zero-order valence-corrected chi connectivity index (χ0v) is 22.0. The predicted molar refractivity (Wildman–Crippen MR) is 145 cm³/mol. The Morgan fingerprint density at radius 3 is 2.53 bits per heavy atom. The van der Waals surface area contributed by atoms with Crippen LogP contribution in [0.5, 0.6) is 0 Å². The topological polar surface area (TPSA) is 98.9 Å². The third-order valence-corrected chi connectivity index (χ3v) is 5.77. The zero-order valence-electron chi connectivity index (χ0n) is 19.7. The van der Waals surface area contributed by atoms with Crippen molar-refractivity contribution in [3.63, 3.8) is 0 Å². The molecule has 1 fully saturated rings. The number of aryl methyl sites for hydroxylation is 1. The highest BCUT2D eigenvalue weighted by atomic mass is 127. The van der Waals surface area contributed by atoms with Gasteiger partial charge in [-0.25, -0.2) is 15.0 Å². The van der Waals surface area contributed by atoms with Crippen LogP contribution in [0, 0.1) is 6.92 Å². The summed E-state index contributed by atoms with van der Waals surface area (Å²) in [5, 5.41) is 7.62. The van der Waals surface area contributed by atoms with Gasteiger partial charge in [-0.15, -0.1) is 24.0 Å². The van der Waals surface area contributed by atoms with E-state index in [2.05, 4.69) is 43.5 Å². The molecule has 1 aliphatic heterocycles. The summed E-state index contributed by atoms with van der Waals surface area (Å²) in [5.41, 5.74) is 1.99. The lowest BCUT2D eigenvalue weighted by atomic mass is 10.1. The van der Waals surface area contributed by atoms with Gasteiger partial charge in [0.1, 0.15) is 17.9 Å². The highest BCUT2D eigenvalue weighted by Crippen LogP contribution is 2.25. The first-order valence-corrected chi connectivity index (χ1v) is 11.4. The lowest BCUT2D eigenvalue weighted by Gasteiger charge is -2.34. The van der Waals surface area contributed by atoms with Gasteiger partial charge >= 0.3 is 0 Å². The number of nitrogens with zero attached hydrogens (tertiary/aromatic N) is 5. The molecule has 10 heteroatoms. The van der Waals surface area contributed by atoms with Crippen molar-refractivity contribution in [2.75, 3.05) is 44.2 Å². The Morgan fingerprint density at radius 1 is 1.09 bits per heavy atom. The molecular weight excluding hydrogens is 545 g/mol. The average molecular weight is 577 g/mol. The Bertz CT molecular complexity index is 1100. The molecule has 4 rings (SSSR count). The molecular formula is C24H32IN7O2. The van der Waals surface area contributed by atoms with Crippen LogP contribution in [0.3, 0.4) is 0 Å². The van der Waals surface area contributed by atoms with Gasteiger partial charge in [-0.05, 0) is 26.0 Å². The minimum atomic E-state index is 0. The highest BCUT2D eigenvalue weighted by Gasteiger charge is 2.22. The van der Waals surface area contributed by atoms with Crippen LogP contribution in [0.1, 0.15) is 24.7 Å². The van der Waals surface area contributed by atoms with E-state index in [1.54, 1.807) is 18.5 Å². The second kappa shape index (κ2) is 12.5. The largest absolute Gasteiger partial charge is 0.459 e. The molecule has 1 amide bonds. The van der Waals surface area contributed by atoms with E-state index in [1.165, 1.54) is 0 Å². The van der Waals surface area contributed by atoms with Crippen LogP contribution in [0.25, 0.3) is 11.0 Å². The van der Waals surface area contributed by atoms with Crippen molar-refractivity contribution >= 4 is 52.8 Å². The molecule has 0 saturated carbocycles. The number of hydrogen-bond acceptors (Lipinski definition) is 6. The van der Waals surface area contributed by atoms with Crippen LogP contribution in [0.4, 0.5) is 5.95 Å². The number of hydrogen-bond donors (Lipinski definition) is 2. The number of nitrogens with one attached hydrogen (secondary N) is 2. The van der Waals surface area contributed by atoms with Crippen LogP contribution in [0.2, 0.25) is 0 Å². The average Bonchev–Trinajstić information content (AvgIpc) is 3.18. The second-order valence-corrected chi connectivity index (χ2v) is 7.93. The number of aliphatic imine (C=N–C) groups is 1. The van der Waals surface area contributed by atoms with E-state index in [-0.39, 0.29) is 29.9 Å². The second-order valence-electron chi connectivity index (χ2n) is 7.93. The minimum Gasteiger partial charge on any atom is -0.459 e. The van der Waals surface area contributed by atoms with Gasteiger partial charge in [0, 0.05) is 69.0 Å². The molecule has 182 valence electrons. The summed E-state index contributed by atoms with van der Waals surface area (Å²) < 4.78 is 5.95. The molecule has 0 aliphatic carbocycles. The van der Waals surface area contributed by atoms with Gasteiger partial charge in [0.15, 0.2) is 5.96 Å². The van der Waals surface area contributed by atoms with Crippen LogP contribution < -0.4 is 15.5 Å². The maximum absolute atomic E-state index is 12.7. The van der Waals surface area contributed by atoms with E-state index >= 15 is 0 Å². The van der Waals surface area contributed by atoms with Crippen molar-refractivity contribution in [1.29, 1.82) is 0 Å². The Morgan fingerprint density at radius 2 is 1.82 bits per heavy atom. The summed E-state index contributed by atoms with van der Waals surface area (Å²) in [6.45, 7) is 8.60.